The van der Waals surface area contributed by atoms with Gasteiger partial charge >= 0.3 is 12.1 Å². The first-order valence-electron chi connectivity index (χ1n) is 10.5. The van der Waals surface area contributed by atoms with Gasteiger partial charge in [0.15, 0.2) is 5.13 Å². The van der Waals surface area contributed by atoms with Gasteiger partial charge in [-0.3, -0.25) is 9.69 Å². The molecule has 1 aromatic carbocycles. The summed E-state index contributed by atoms with van der Waals surface area (Å²) in [5.74, 6) is -0.726. The molecule has 0 spiro atoms. The molecule has 174 valence electrons. The third kappa shape index (κ3) is 4.95. The standard InChI is InChI=1S/C22H30N4O5S/c1-12-10-25(11-13(2)26(12)21(29)31-22(4,5)6)16-9-8-15(19(28)30-7)17-18(16)32-20(24-17)23-14(3)27/h8-9,12-13H,10-11H2,1-7H3,(H,23,24,27)/t12-,13-/m0/s1. The first-order chi connectivity index (χ1) is 14.9. The second-order valence-corrected chi connectivity index (χ2v) is 9.99. The number of piperazine rings is 1. The number of ether oxygens (including phenoxy) is 2. The van der Waals surface area contributed by atoms with Crippen LogP contribution >= 0.6 is 11.3 Å². The molecule has 1 saturated heterocycles. The van der Waals surface area contributed by atoms with Crippen molar-refractivity contribution < 1.29 is 23.9 Å². The third-order valence-electron chi connectivity index (χ3n) is 5.08. The maximum absolute atomic E-state index is 12.7. The molecular weight excluding hydrogens is 432 g/mol. The van der Waals surface area contributed by atoms with Crippen molar-refractivity contribution >= 4 is 50.3 Å². The topological polar surface area (TPSA) is 101 Å². The highest BCUT2D eigenvalue weighted by Crippen LogP contribution is 2.38. The molecule has 0 radical (unpaired) electrons. The van der Waals surface area contributed by atoms with Gasteiger partial charge < -0.3 is 19.7 Å². The van der Waals surface area contributed by atoms with Gasteiger partial charge in [0.2, 0.25) is 5.91 Å². The van der Waals surface area contributed by atoms with Crippen molar-refractivity contribution in [2.45, 2.75) is 59.2 Å². The lowest BCUT2D eigenvalue weighted by molar-refractivity contribution is -0.114. The van der Waals surface area contributed by atoms with Crippen LogP contribution in [0.3, 0.4) is 0 Å². The molecule has 1 fully saturated rings. The molecule has 1 aliphatic rings. The van der Waals surface area contributed by atoms with Gasteiger partial charge in [0, 0.05) is 20.0 Å². The summed E-state index contributed by atoms with van der Waals surface area (Å²) in [5, 5.41) is 3.11. The van der Waals surface area contributed by atoms with Crippen LogP contribution in [0.15, 0.2) is 12.1 Å². The number of carbonyl (C=O) groups excluding carboxylic acids is 3. The first kappa shape index (κ1) is 23.8. The molecular formula is C22H30N4O5S. The SMILES string of the molecule is COC(=O)c1ccc(N2C[C@H](C)N(C(=O)OC(C)(C)C)[C@@H](C)C2)c2sc(NC(C)=O)nc12. The molecule has 3 rings (SSSR count). The van der Waals surface area contributed by atoms with E-state index < -0.39 is 11.6 Å². The van der Waals surface area contributed by atoms with Gasteiger partial charge in [-0.2, -0.15) is 0 Å². The van der Waals surface area contributed by atoms with Gasteiger partial charge in [-0.25, -0.2) is 14.6 Å². The minimum atomic E-state index is -0.563. The van der Waals surface area contributed by atoms with Crippen LogP contribution < -0.4 is 10.2 Å². The van der Waals surface area contributed by atoms with E-state index >= 15 is 0 Å². The monoisotopic (exact) mass is 462 g/mol. The molecule has 2 amide bonds. The number of benzene rings is 1. The van der Waals surface area contributed by atoms with E-state index in [0.29, 0.717) is 29.3 Å². The number of rotatable bonds is 3. The normalized spacial score (nSPS) is 19.1. The van der Waals surface area contributed by atoms with Crippen LogP contribution in [0.1, 0.15) is 51.9 Å². The zero-order valence-electron chi connectivity index (χ0n) is 19.5. The summed E-state index contributed by atoms with van der Waals surface area (Å²) in [7, 11) is 1.32. The summed E-state index contributed by atoms with van der Waals surface area (Å²) in [6.45, 7) is 12.1. The van der Waals surface area contributed by atoms with Crippen LogP contribution in [-0.4, -0.2) is 65.7 Å². The van der Waals surface area contributed by atoms with Crippen molar-refractivity contribution in [3.63, 3.8) is 0 Å². The lowest BCUT2D eigenvalue weighted by Gasteiger charge is -2.45. The second kappa shape index (κ2) is 8.93. The summed E-state index contributed by atoms with van der Waals surface area (Å²) >= 11 is 1.31. The summed E-state index contributed by atoms with van der Waals surface area (Å²) < 4.78 is 11.3. The average Bonchev–Trinajstić information content (AvgIpc) is 3.07. The Bertz CT molecular complexity index is 1030. The zero-order chi connectivity index (χ0) is 23.8. The highest BCUT2D eigenvalue weighted by atomic mass is 32.1. The van der Waals surface area contributed by atoms with Crippen molar-refractivity contribution in [1.82, 2.24) is 9.88 Å². The van der Waals surface area contributed by atoms with E-state index in [1.165, 1.54) is 25.4 Å². The molecule has 10 heteroatoms. The highest BCUT2D eigenvalue weighted by molar-refractivity contribution is 7.23. The van der Waals surface area contributed by atoms with E-state index in [1.54, 1.807) is 11.0 Å². The van der Waals surface area contributed by atoms with Gasteiger partial charge in [0.25, 0.3) is 0 Å². The Hall–Kier alpha value is -2.88. The van der Waals surface area contributed by atoms with Crippen LogP contribution in [0.25, 0.3) is 10.2 Å². The molecule has 0 bridgehead atoms. The summed E-state index contributed by atoms with van der Waals surface area (Å²) in [6.07, 6.45) is -0.325. The Morgan fingerprint density at radius 3 is 2.31 bits per heavy atom. The number of esters is 1. The number of methoxy groups -OCH3 is 1. The molecule has 0 unspecified atom stereocenters. The average molecular weight is 463 g/mol. The number of hydrogen-bond acceptors (Lipinski definition) is 8. The number of nitrogens with zero attached hydrogens (tertiary/aromatic N) is 3. The number of anilines is 2. The van der Waals surface area contributed by atoms with Crippen molar-refractivity contribution in [2.24, 2.45) is 0 Å². The second-order valence-electron chi connectivity index (χ2n) is 8.99. The minimum absolute atomic E-state index is 0.0910. The maximum atomic E-state index is 12.7. The Labute approximate surface area is 191 Å². The summed E-state index contributed by atoms with van der Waals surface area (Å²) in [4.78, 5) is 45.0. The van der Waals surface area contributed by atoms with Crippen molar-refractivity contribution in [1.29, 1.82) is 0 Å². The molecule has 0 aliphatic carbocycles. The van der Waals surface area contributed by atoms with Crippen LogP contribution in [0.4, 0.5) is 15.6 Å². The van der Waals surface area contributed by atoms with Gasteiger partial charge in [0.1, 0.15) is 11.1 Å². The fraction of sp³-hybridized carbons (Fsp3) is 0.545. The summed E-state index contributed by atoms with van der Waals surface area (Å²) in [5.41, 5.74) is 1.15. The number of thiazole rings is 1. The number of fused-ring (bicyclic) bond motifs is 1. The van der Waals surface area contributed by atoms with Crippen molar-refractivity contribution in [3.8, 4) is 0 Å². The van der Waals surface area contributed by atoms with E-state index in [4.69, 9.17) is 9.47 Å². The van der Waals surface area contributed by atoms with E-state index in [0.717, 1.165) is 10.4 Å². The van der Waals surface area contributed by atoms with Crippen LogP contribution in [0.5, 0.6) is 0 Å². The molecule has 1 aromatic heterocycles. The van der Waals surface area contributed by atoms with Crippen LogP contribution in [0.2, 0.25) is 0 Å². The van der Waals surface area contributed by atoms with Crippen LogP contribution in [0, 0.1) is 0 Å². The Balaban J connectivity index is 1.96. The number of amides is 2. The Morgan fingerprint density at radius 2 is 1.78 bits per heavy atom. The highest BCUT2D eigenvalue weighted by Gasteiger charge is 2.36. The first-order valence-corrected chi connectivity index (χ1v) is 11.3. The molecule has 2 atom stereocenters. The fourth-order valence-electron chi connectivity index (χ4n) is 3.91. The lowest BCUT2D eigenvalue weighted by atomic mass is 10.1. The van der Waals surface area contributed by atoms with E-state index in [2.05, 4.69) is 15.2 Å². The molecule has 1 aliphatic heterocycles. The predicted octanol–water partition coefficient (Wildman–Crippen LogP) is 3.88. The number of nitrogens with one attached hydrogen (secondary N) is 1. The maximum Gasteiger partial charge on any atom is 0.410 e. The number of hydrogen-bond donors (Lipinski definition) is 1. The molecule has 32 heavy (non-hydrogen) atoms. The Morgan fingerprint density at radius 1 is 1.16 bits per heavy atom. The van der Waals surface area contributed by atoms with E-state index in [-0.39, 0.29) is 24.1 Å². The molecule has 2 aromatic rings. The molecule has 1 N–H and O–H groups in total. The zero-order valence-corrected chi connectivity index (χ0v) is 20.3. The van der Waals surface area contributed by atoms with E-state index in [9.17, 15) is 14.4 Å². The van der Waals surface area contributed by atoms with Crippen molar-refractivity contribution in [2.75, 3.05) is 30.4 Å². The quantitative estimate of drug-likeness (QED) is 0.691. The Kier molecular flexibility index (Phi) is 6.64. The minimum Gasteiger partial charge on any atom is -0.465 e. The van der Waals surface area contributed by atoms with Gasteiger partial charge in [0.05, 0.1) is 35.1 Å². The third-order valence-corrected chi connectivity index (χ3v) is 6.07. The summed E-state index contributed by atoms with van der Waals surface area (Å²) in [6, 6.07) is 3.38. The smallest absolute Gasteiger partial charge is 0.410 e. The molecule has 0 saturated carbocycles. The van der Waals surface area contributed by atoms with Gasteiger partial charge in [-0.15, -0.1) is 0 Å². The van der Waals surface area contributed by atoms with E-state index in [1.807, 2.05) is 40.7 Å². The lowest BCUT2D eigenvalue weighted by Crippen LogP contribution is -2.59. The van der Waals surface area contributed by atoms with Crippen LogP contribution in [-0.2, 0) is 14.3 Å². The fourth-order valence-corrected chi connectivity index (χ4v) is 4.99. The predicted molar refractivity (Wildman–Crippen MR) is 124 cm³/mol. The number of aromatic nitrogens is 1. The largest absolute Gasteiger partial charge is 0.465 e. The molecule has 2 heterocycles. The number of carbonyl (C=O) groups is 3. The van der Waals surface area contributed by atoms with Gasteiger partial charge in [-0.05, 0) is 46.8 Å². The molecule has 9 nitrogen and oxygen atoms in total. The van der Waals surface area contributed by atoms with Gasteiger partial charge in [-0.1, -0.05) is 11.3 Å². The van der Waals surface area contributed by atoms with Crippen molar-refractivity contribution in [3.05, 3.63) is 17.7 Å².